The summed E-state index contributed by atoms with van der Waals surface area (Å²) in [7, 11) is 0. The SMILES string of the molecule is C=CCN(CC=C)C(=O)c1ccc(COc2ccc(C)cc2C)o1. The summed E-state index contributed by atoms with van der Waals surface area (Å²) in [6.07, 6.45) is 3.35. The molecule has 0 N–H and O–H groups in total. The Kier molecular flexibility index (Phi) is 6.01. The van der Waals surface area contributed by atoms with Crippen molar-refractivity contribution >= 4 is 5.91 Å². The Hall–Kier alpha value is -2.75. The average Bonchev–Trinajstić information content (AvgIpc) is 3.02. The van der Waals surface area contributed by atoms with Crippen LogP contribution in [0.4, 0.5) is 0 Å². The van der Waals surface area contributed by atoms with E-state index in [-0.39, 0.29) is 18.3 Å². The van der Waals surface area contributed by atoms with E-state index in [1.807, 2.05) is 26.0 Å². The van der Waals surface area contributed by atoms with Gasteiger partial charge in [0.05, 0.1) is 0 Å². The number of hydrogen-bond donors (Lipinski definition) is 0. The minimum absolute atomic E-state index is 0.187. The van der Waals surface area contributed by atoms with Gasteiger partial charge in [-0.3, -0.25) is 4.79 Å². The molecule has 0 unspecified atom stereocenters. The zero-order valence-corrected chi connectivity index (χ0v) is 14.2. The topological polar surface area (TPSA) is 42.7 Å². The molecule has 4 heteroatoms. The van der Waals surface area contributed by atoms with Gasteiger partial charge < -0.3 is 14.1 Å². The third-order valence-corrected chi connectivity index (χ3v) is 3.56. The maximum absolute atomic E-state index is 12.4. The first-order chi connectivity index (χ1) is 11.5. The highest BCUT2D eigenvalue weighted by Gasteiger charge is 2.17. The zero-order valence-electron chi connectivity index (χ0n) is 14.2. The fourth-order valence-corrected chi connectivity index (χ4v) is 2.39. The molecular formula is C20H23NO3. The largest absolute Gasteiger partial charge is 0.485 e. The van der Waals surface area contributed by atoms with Crippen molar-refractivity contribution in [2.75, 3.05) is 13.1 Å². The zero-order chi connectivity index (χ0) is 17.5. The summed E-state index contributed by atoms with van der Waals surface area (Å²) < 4.78 is 11.4. The van der Waals surface area contributed by atoms with Crippen LogP contribution >= 0.6 is 0 Å². The number of benzene rings is 1. The quantitative estimate of drug-likeness (QED) is 0.680. The molecule has 0 aliphatic heterocycles. The summed E-state index contributed by atoms with van der Waals surface area (Å²) in [6.45, 7) is 12.5. The average molecular weight is 325 g/mol. The lowest BCUT2D eigenvalue weighted by atomic mass is 10.1. The molecule has 0 saturated carbocycles. The van der Waals surface area contributed by atoms with Gasteiger partial charge in [-0.15, -0.1) is 13.2 Å². The number of rotatable bonds is 8. The second kappa shape index (κ2) is 8.20. The fourth-order valence-electron chi connectivity index (χ4n) is 2.39. The van der Waals surface area contributed by atoms with Gasteiger partial charge in [-0.25, -0.2) is 0 Å². The first-order valence-corrected chi connectivity index (χ1v) is 7.85. The lowest BCUT2D eigenvalue weighted by Crippen LogP contribution is -2.30. The standard InChI is InChI=1S/C20H23NO3/c1-5-11-21(12-6-2)20(22)19-10-8-17(24-19)14-23-18-9-7-15(3)13-16(18)4/h5-10,13H,1-2,11-12,14H2,3-4H3. The third-order valence-electron chi connectivity index (χ3n) is 3.56. The summed E-state index contributed by atoms with van der Waals surface area (Å²) in [5, 5.41) is 0. The van der Waals surface area contributed by atoms with Gasteiger partial charge in [0.25, 0.3) is 5.91 Å². The lowest BCUT2D eigenvalue weighted by Gasteiger charge is -2.17. The van der Waals surface area contributed by atoms with Gasteiger partial charge in [-0.05, 0) is 37.6 Å². The number of carbonyl (C=O) groups excluding carboxylic acids is 1. The van der Waals surface area contributed by atoms with E-state index in [2.05, 4.69) is 19.2 Å². The molecule has 1 aromatic carbocycles. The molecule has 0 saturated heterocycles. The van der Waals surface area contributed by atoms with Crippen molar-refractivity contribution in [1.82, 2.24) is 4.90 Å². The predicted molar refractivity (Wildman–Crippen MR) is 95.3 cm³/mol. The maximum atomic E-state index is 12.4. The second-order valence-corrected chi connectivity index (χ2v) is 5.61. The lowest BCUT2D eigenvalue weighted by molar-refractivity contribution is 0.0755. The van der Waals surface area contributed by atoms with Crippen LogP contribution in [-0.4, -0.2) is 23.9 Å². The van der Waals surface area contributed by atoms with Crippen LogP contribution in [0.5, 0.6) is 5.75 Å². The Bertz CT molecular complexity index is 720. The fraction of sp³-hybridized carbons (Fsp3) is 0.250. The summed E-state index contributed by atoms with van der Waals surface area (Å²) in [6, 6.07) is 9.44. The monoisotopic (exact) mass is 325 g/mol. The minimum atomic E-state index is -0.187. The number of hydrogen-bond acceptors (Lipinski definition) is 3. The summed E-state index contributed by atoms with van der Waals surface area (Å²) >= 11 is 0. The van der Waals surface area contributed by atoms with E-state index in [0.29, 0.717) is 18.8 Å². The molecule has 1 aromatic heterocycles. The number of nitrogens with zero attached hydrogens (tertiary/aromatic N) is 1. The van der Waals surface area contributed by atoms with Crippen molar-refractivity contribution in [3.63, 3.8) is 0 Å². The normalized spacial score (nSPS) is 10.2. The molecule has 0 radical (unpaired) electrons. The molecule has 0 bridgehead atoms. The van der Waals surface area contributed by atoms with Crippen molar-refractivity contribution in [3.05, 3.63) is 78.3 Å². The van der Waals surface area contributed by atoms with E-state index >= 15 is 0 Å². The van der Waals surface area contributed by atoms with Crippen LogP contribution < -0.4 is 4.74 Å². The smallest absolute Gasteiger partial charge is 0.290 e. The Morgan fingerprint density at radius 2 is 1.88 bits per heavy atom. The minimum Gasteiger partial charge on any atom is -0.485 e. The van der Waals surface area contributed by atoms with Crippen LogP contribution in [0.3, 0.4) is 0 Å². The van der Waals surface area contributed by atoms with Crippen molar-refractivity contribution in [3.8, 4) is 5.75 Å². The highest BCUT2D eigenvalue weighted by Crippen LogP contribution is 2.21. The molecule has 0 aliphatic rings. The van der Waals surface area contributed by atoms with E-state index < -0.39 is 0 Å². The van der Waals surface area contributed by atoms with E-state index in [9.17, 15) is 4.79 Å². The number of carbonyl (C=O) groups is 1. The molecule has 126 valence electrons. The highest BCUT2D eigenvalue weighted by atomic mass is 16.5. The Morgan fingerprint density at radius 1 is 1.17 bits per heavy atom. The van der Waals surface area contributed by atoms with E-state index in [4.69, 9.17) is 9.15 Å². The van der Waals surface area contributed by atoms with E-state index in [1.165, 1.54) is 5.56 Å². The predicted octanol–water partition coefficient (Wildman–Crippen LogP) is 4.29. The molecule has 0 aliphatic carbocycles. The van der Waals surface area contributed by atoms with E-state index in [0.717, 1.165) is 11.3 Å². The number of furan rings is 1. The van der Waals surface area contributed by atoms with Crippen molar-refractivity contribution in [1.29, 1.82) is 0 Å². The number of amides is 1. The molecule has 2 rings (SSSR count). The van der Waals surface area contributed by atoms with Crippen LogP contribution in [0.1, 0.15) is 27.4 Å². The molecular weight excluding hydrogens is 302 g/mol. The van der Waals surface area contributed by atoms with Gasteiger partial charge in [0, 0.05) is 13.1 Å². The first-order valence-electron chi connectivity index (χ1n) is 7.85. The van der Waals surface area contributed by atoms with Crippen LogP contribution in [-0.2, 0) is 6.61 Å². The highest BCUT2D eigenvalue weighted by molar-refractivity contribution is 5.91. The molecule has 24 heavy (non-hydrogen) atoms. The van der Waals surface area contributed by atoms with Gasteiger partial charge in [-0.1, -0.05) is 29.8 Å². The van der Waals surface area contributed by atoms with Crippen molar-refractivity contribution in [2.24, 2.45) is 0 Å². The molecule has 1 amide bonds. The van der Waals surface area contributed by atoms with Crippen LogP contribution in [0.2, 0.25) is 0 Å². The number of aryl methyl sites for hydroxylation is 2. The Labute approximate surface area is 143 Å². The van der Waals surface area contributed by atoms with Gasteiger partial charge in [-0.2, -0.15) is 0 Å². The van der Waals surface area contributed by atoms with Gasteiger partial charge >= 0.3 is 0 Å². The second-order valence-electron chi connectivity index (χ2n) is 5.61. The summed E-state index contributed by atoms with van der Waals surface area (Å²) in [4.78, 5) is 14.0. The molecule has 0 spiro atoms. The van der Waals surface area contributed by atoms with Gasteiger partial charge in [0.1, 0.15) is 18.1 Å². The molecule has 4 nitrogen and oxygen atoms in total. The maximum Gasteiger partial charge on any atom is 0.290 e. The van der Waals surface area contributed by atoms with Gasteiger partial charge in [0.15, 0.2) is 5.76 Å². The summed E-state index contributed by atoms with van der Waals surface area (Å²) in [5.74, 6) is 1.52. The van der Waals surface area contributed by atoms with Crippen LogP contribution in [0, 0.1) is 13.8 Å². The third kappa shape index (κ3) is 4.38. The molecule has 2 aromatic rings. The summed E-state index contributed by atoms with van der Waals surface area (Å²) in [5.41, 5.74) is 2.26. The van der Waals surface area contributed by atoms with Crippen LogP contribution in [0.25, 0.3) is 0 Å². The van der Waals surface area contributed by atoms with Crippen molar-refractivity contribution < 1.29 is 13.9 Å². The molecule has 0 atom stereocenters. The van der Waals surface area contributed by atoms with E-state index in [1.54, 1.807) is 29.2 Å². The van der Waals surface area contributed by atoms with Crippen molar-refractivity contribution in [2.45, 2.75) is 20.5 Å². The first kappa shape index (κ1) is 17.6. The van der Waals surface area contributed by atoms with Crippen LogP contribution in [0.15, 0.2) is 60.1 Å². The Balaban J connectivity index is 2.03. The van der Waals surface area contributed by atoms with Gasteiger partial charge in [0.2, 0.25) is 0 Å². The molecule has 0 fully saturated rings. The molecule has 1 heterocycles. The number of ether oxygens (including phenoxy) is 1. The Morgan fingerprint density at radius 3 is 2.50 bits per heavy atom.